The summed E-state index contributed by atoms with van der Waals surface area (Å²) in [6, 6.07) is 8.72. The molecule has 110 valence electrons. The van der Waals surface area contributed by atoms with Crippen LogP contribution in [-0.2, 0) is 0 Å². The second-order valence-electron chi connectivity index (χ2n) is 5.25. The second kappa shape index (κ2) is 4.64. The lowest BCUT2D eigenvalue weighted by molar-refractivity contribution is 0.672. The van der Waals surface area contributed by atoms with E-state index in [-0.39, 0.29) is 30.0 Å². The molecule has 5 aromatic rings. The lowest BCUT2D eigenvalue weighted by Crippen LogP contribution is -1.81. The van der Waals surface area contributed by atoms with Crippen LogP contribution < -0.4 is 0 Å². The van der Waals surface area contributed by atoms with Crippen LogP contribution in [0.4, 0.5) is 0 Å². The van der Waals surface area contributed by atoms with Crippen LogP contribution in [0.1, 0.15) is 10.5 Å². The quantitative estimate of drug-likeness (QED) is 0.405. The van der Waals surface area contributed by atoms with Crippen LogP contribution in [0.2, 0.25) is 0 Å². The molecule has 0 spiro atoms. The van der Waals surface area contributed by atoms with E-state index in [9.17, 15) is 0 Å². The van der Waals surface area contributed by atoms with Crippen LogP contribution in [0.5, 0.6) is 0 Å². The van der Waals surface area contributed by atoms with E-state index < -0.39 is 0 Å². The van der Waals surface area contributed by atoms with E-state index in [4.69, 9.17) is 9.90 Å². The van der Waals surface area contributed by atoms with Crippen molar-refractivity contribution in [1.29, 1.82) is 0 Å². The number of para-hydroxylation sites is 1. The Morgan fingerprint density at radius 3 is 2.96 bits per heavy atom. The highest BCUT2D eigenvalue weighted by molar-refractivity contribution is 7.18. The number of benzene rings is 2. The summed E-state index contributed by atoms with van der Waals surface area (Å²) in [5, 5.41) is 2.74. The molecule has 0 saturated heterocycles. The first kappa shape index (κ1) is 9.43. The molecule has 0 saturated carbocycles. The molecule has 0 fully saturated rings. The van der Waals surface area contributed by atoms with Crippen molar-refractivity contribution in [1.82, 2.24) is 9.97 Å². The molecule has 0 atom stereocenters. The summed E-state index contributed by atoms with van der Waals surface area (Å²) in [6.45, 7) is 1.95. The molecule has 0 N–H and O–H groups in total. The average molecular weight is 320 g/mol. The van der Waals surface area contributed by atoms with Crippen molar-refractivity contribution in [3.05, 3.63) is 59.6 Å². The number of furan rings is 1. The van der Waals surface area contributed by atoms with Crippen molar-refractivity contribution in [2.45, 2.75) is 6.92 Å². The van der Waals surface area contributed by atoms with Crippen molar-refractivity contribution < 1.29 is 9.90 Å². The molecule has 3 heterocycles. The molecule has 3 nitrogen and oxygen atoms in total. The SMILES string of the molecule is [2H]c1nc(-c2cccc3c2oc2c3ccc3sc(C)nc32)c([2H])c([2H])c1[2H]. The van der Waals surface area contributed by atoms with Gasteiger partial charge in [-0.1, -0.05) is 18.2 Å². The van der Waals surface area contributed by atoms with Gasteiger partial charge in [0.15, 0.2) is 5.58 Å². The number of hydrogen-bond donors (Lipinski definition) is 0. The minimum Gasteiger partial charge on any atom is -0.453 e. The van der Waals surface area contributed by atoms with Gasteiger partial charge < -0.3 is 4.42 Å². The third kappa shape index (κ3) is 1.82. The molecule has 3 aromatic heterocycles. The molecule has 0 aliphatic rings. The highest BCUT2D eigenvalue weighted by Crippen LogP contribution is 2.38. The molecule has 23 heavy (non-hydrogen) atoms. The Morgan fingerprint density at radius 2 is 2.00 bits per heavy atom. The Balaban J connectivity index is 1.91. The highest BCUT2D eigenvalue weighted by atomic mass is 32.1. The van der Waals surface area contributed by atoms with Crippen LogP contribution >= 0.6 is 11.3 Å². The topological polar surface area (TPSA) is 38.9 Å². The minimum atomic E-state index is -0.347. The van der Waals surface area contributed by atoms with E-state index in [1.165, 1.54) is 0 Å². The van der Waals surface area contributed by atoms with Crippen molar-refractivity contribution in [3.8, 4) is 11.3 Å². The van der Waals surface area contributed by atoms with Crippen LogP contribution in [0.25, 0.3) is 43.4 Å². The highest BCUT2D eigenvalue weighted by Gasteiger charge is 2.16. The maximum absolute atomic E-state index is 8.21. The second-order valence-corrected chi connectivity index (χ2v) is 6.49. The van der Waals surface area contributed by atoms with Crippen LogP contribution in [-0.4, -0.2) is 9.97 Å². The first-order chi connectivity index (χ1) is 13.0. The monoisotopic (exact) mass is 320 g/mol. The fourth-order valence-electron chi connectivity index (χ4n) is 2.90. The van der Waals surface area contributed by atoms with Gasteiger partial charge in [-0.05, 0) is 37.2 Å². The Kier molecular flexibility index (Phi) is 1.90. The molecule has 5 rings (SSSR count). The minimum absolute atomic E-state index is 0.177. The van der Waals surface area contributed by atoms with Gasteiger partial charge >= 0.3 is 0 Å². The van der Waals surface area contributed by atoms with Gasteiger partial charge in [-0.25, -0.2) is 4.98 Å². The fourth-order valence-corrected chi connectivity index (χ4v) is 3.73. The molecule has 0 amide bonds. The Morgan fingerprint density at radius 1 is 1.09 bits per heavy atom. The van der Waals surface area contributed by atoms with Gasteiger partial charge in [0, 0.05) is 22.5 Å². The largest absolute Gasteiger partial charge is 0.453 e. The number of pyridine rings is 1. The van der Waals surface area contributed by atoms with E-state index in [0.29, 0.717) is 16.7 Å². The van der Waals surface area contributed by atoms with Crippen molar-refractivity contribution in [2.75, 3.05) is 0 Å². The Hall–Kier alpha value is -2.72. The number of aromatic nitrogens is 2. The summed E-state index contributed by atoms with van der Waals surface area (Å²) in [6.07, 6.45) is -0.323. The van der Waals surface area contributed by atoms with E-state index in [1.54, 1.807) is 17.4 Å². The van der Waals surface area contributed by atoms with Gasteiger partial charge in [0.25, 0.3) is 0 Å². The molecule has 0 aliphatic carbocycles. The maximum Gasteiger partial charge on any atom is 0.162 e. The lowest BCUT2D eigenvalue weighted by atomic mass is 10.1. The zero-order valence-electron chi connectivity index (χ0n) is 16.1. The normalized spacial score (nSPS) is 14.1. The van der Waals surface area contributed by atoms with Crippen LogP contribution in [0.3, 0.4) is 0 Å². The molecule has 0 aliphatic heterocycles. The predicted molar refractivity (Wildman–Crippen MR) is 94.9 cm³/mol. The Bertz CT molecular complexity index is 1390. The van der Waals surface area contributed by atoms with Crippen LogP contribution in [0, 0.1) is 6.92 Å². The van der Waals surface area contributed by atoms with E-state index in [2.05, 4.69) is 9.97 Å². The molecule has 2 aromatic carbocycles. The predicted octanol–water partition coefficient (Wildman–Crippen LogP) is 5.57. The van der Waals surface area contributed by atoms with Crippen molar-refractivity contribution >= 4 is 43.5 Å². The molecule has 4 heteroatoms. The number of rotatable bonds is 1. The average Bonchev–Trinajstić information content (AvgIpc) is 3.22. The summed E-state index contributed by atoms with van der Waals surface area (Å²) in [5.41, 5.74) is 2.75. The van der Waals surface area contributed by atoms with Crippen molar-refractivity contribution in [2.24, 2.45) is 0 Å². The van der Waals surface area contributed by atoms with Gasteiger partial charge in [-0.3, -0.25) is 4.98 Å². The van der Waals surface area contributed by atoms with E-state index >= 15 is 0 Å². The van der Waals surface area contributed by atoms with Gasteiger partial charge in [0.1, 0.15) is 11.1 Å². The Labute approximate surface area is 141 Å². The first-order valence-corrected chi connectivity index (χ1v) is 7.93. The molecular weight excluding hydrogens is 304 g/mol. The van der Waals surface area contributed by atoms with Gasteiger partial charge in [-0.15, -0.1) is 11.3 Å². The number of hydrogen-bond acceptors (Lipinski definition) is 4. The zero-order chi connectivity index (χ0) is 18.9. The lowest BCUT2D eigenvalue weighted by Gasteiger charge is -2.00. The molecule has 0 unspecified atom stereocenters. The number of fused-ring (bicyclic) bond motifs is 5. The summed E-state index contributed by atoms with van der Waals surface area (Å²) >= 11 is 1.60. The van der Waals surface area contributed by atoms with Gasteiger partial charge in [-0.2, -0.15) is 0 Å². The summed E-state index contributed by atoms with van der Waals surface area (Å²) < 4.78 is 38.9. The molecule has 0 bridgehead atoms. The summed E-state index contributed by atoms with van der Waals surface area (Å²) in [4.78, 5) is 8.67. The standard InChI is InChI=1S/C19H12N2OS/c1-11-21-17-16(23-11)9-8-13-12-5-4-6-14(18(12)22-19(13)17)15-7-2-3-10-20-15/h2-10H,1H3/i2D,3D,7D,10D. The molecule has 0 radical (unpaired) electrons. The number of nitrogens with zero attached hydrogens (tertiary/aromatic N) is 2. The first-order valence-electron chi connectivity index (χ1n) is 9.12. The van der Waals surface area contributed by atoms with Crippen molar-refractivity contribution in [3.63, 3.8) is 0 Å². The van der Waals surface area contributed by atoms with Gasteiger partial charge in [0.2, 0.25) is 0 Å². The zero-order valence-corrected chi connectivity index (χ0v) is 12.9. The smallest absolute Gasteiger partial charge is 0.162 e. The summed E-state index contributed by atoms with van der Waals surface area (Å²) in [7, 11) is 0. The number of aryl methyl sites for hydroxylation is 1. The number of thiazole rings is 1. The third-order valence-corrected chi connectivity index (χ3v) is 4.79. The third-order valence-electron chi connectivity index (χ3n) is 3.85. The van der Waals surface area contributed by atoms with Gasteiger partial charge in [0.05, 0.1) is 20.9 Å². The van der Waals surface area contributed by atoms with E-state index in [0.717, 1.165) is 26.0 Å². The van der Waals surface area contributed by atoms with E-state index in [1.807, 2.05) is 31.2 Å². The molecular formula is C19H12N2OS. The fraction of sp³-hybridized carbons (Fsp3) is 0.0526. The maximum atomic E-state index is 8.21. The van der Waals surface area contributed by atoms with Crippen LogP contribution in [0.15, 0.2) is 59.0 Å². The summed E-state index contributed by atoms with van der Waals surface area (Å²) in [5.74, 6) is 0.